The average Bonchev–Trinajstić information content (AvgIpc) is 2.54. The number of fused-ring (bicyclic) bond motifs is 1. The summed E-state index contributed by atoms with van der Waals surface area (Å²) in [6.45, 7) is 1.78. The van der Waals surface area contributed by atoms with Gasteiger partial charge >= 0.3 is 0 Å². The highest BCUT2D eigenvalue weighted by Gasteiger charge is 2.05. The molecule has 1 amide bonds. The number of amides is 1. The van der Waals surface area contributed by atoms with Crippen molar-refractivity contribution >= 4 is 34.1 Å². The molecule has 0 saturated heterocycles. The molecule has 24 heavy (non-hydrogen) atoms. The Kier molecular flexibility index (Phi) is 4.67. The smallest absolute Gasteiger partial charge is 0.251 e. The largest absolute Gasteiger partial charge is 0.326 e. The molecule has 122 valence electrons. The van der Waals surface area contributed by atoms with E-state index in [9.17, 15) is 9.59 Å². The summed E-state index contributed by atoms with van der Waals surface area (Å²) in [5, 5.41) is 4.40. The minimum atomic E-state index is -0.0730. The molecule has 4 nitrogen and oxygen atoms in total. The van der Waals surface area contributed by atoms with Crippen LogP contribution < -0.4 is 10.9 Å². The first-order valence-corrected chi connectivity index (χ1v) is 8.07. The van der Waals surface area contributed by atoms with Gasteiger partial charge in [-0.05, 0) is 60.7 Å². The predicted octanol–water partition coefficient (Wildman–Crippen LogP) is 4.06. The van der Waals surface area contributed by atoms with Crippen LogP contribution in [0.3, 0.4) is 0 Å². The standard InChI is InChI=1S/C19H17ClN2O2/c1-12-9-14-10-13(5-7-17(14)22-19(12)24)6-8-18(23)21-16-4-2-3-15(20)11-16/h2-5,7,9-11H,6,8H2,1H3,(H,21,23)(H,22,24). The molecule has 0 unspecified atom stereocenters. The minimum Gasteiger partial charge on any atom is -0.326 e. The number of benzene rings is 2. The molecule has 0 radical (unpaired) electrons. The molecule has 2 aromatic carbocycles. The lowest BCUT2D eigenvalue weighted by atomic mass is 10.1. The van der Waals surface area contributed by atoms with E-state index in [1.807, 2.05) is 24.3 Å². The van der Waals surface area contributed by atoms with Crippen LogP contribution in [0.15, 0.2) is 53.3 Å². The number of hydrogen-bond acceptors (Lipinski definition) is 2. The molecule has 1 heterocycles. The zero-order valence-corrected chi connectivity index (χ0v) is 14.0. The summed E-state index contributed by atoms with van der Waals surface area (Å²) in [4.78, 5) is 26.5. The number of carbonyl (C=O) groups is 1. The molecular weight excluding hydrogens is 324 g/mol. The summed E-state index contributed by atoms with van der Waals surface area (Å²) >= 11 is 5.90. The molecule has 5 heteroatoms. The van der Waals surface area contributed by atoms with E-state index in [4.69, 9.17) is 11.6 Å². The molecule has 0 bridgehead atoms. The molecule has 0 saturated carbocycles. The van der Waals surface area contributed by atoms with Gasteiger partial charge in [-0.15, -0.1) is 0 Å². The number of carbonyl (C=O) groups excluding carboxylic acids is 1. The number of halogens is 1. The van der Waals surface area contributed by atoms with Crippen LogP contribution in [0, 0.1) is 6.92 Å². The molecule has 0 fully saturated rings. The van der Waals surface area contributed by atoms with Crippen LogP contribution in [0.4, 0.5) is 5.69 Å². The first kappa shape index (κ1) is 16.3. The van der Waals surface area contributed by atoms with Gasteiger partial charge in [0.1, 0.15) is 0 Å². The van der Waals surface area contributed by atoms with Gasteiger partial charge in [0, 0.05) is 28.2 Å². The van der Waals surface area contributed by atoms with E-state index >= 15 is 0 Å². The lowest BCUT2D eigenvalue weighted by molar-refractivity contribution is -0.116. The Labute approximate surface area is 144 Å². The number of H-pyrrole nitrogens is 1. The van der Waals surface area contributed by atoms with E-state index in [0.29, 0.717) is 29.1 Å². The van der Waals surface area contributed by atoms with E-state index in [1.54, 1.807) is 31.2 Å². The highest BCUT2D eigenvalue weighted by atomic mass is 35.5. The maximum absolute atomic E-state index is 12.1. The SMILES string of the molecule is Cc1cc2cc(CCC(=O)Nc3cccc(Cl)c3)ccc2[nH]c1=O. The van der Waals surface area contributed by atoms with Gasteiger partial charge in [-0.3, -0.25) is 9.59 Å². The summed E-state index contributed by atoms with van der Waals surface area (Å²) in [7, 11) is 0. The lowest BCUT2D eigenvalue weighted by Gasteiger charge is -2.07. The molecule has 0 spiro atoms. The Morgan fingerprint density at radius 3 is 2.79 bits per heavy atom. The fraction of sp³-hybridized carbons (Fsp3) is 0.158. The van der Waals surface area contributed by atoms with Crippen LogP contribution in [-0.4, -0.2) is 10.9 Å². The van der Waals surface area contributed by atoms with Crippen LogP contribution in [0.2, 0.25) is 5.02 Å². The second-order valence-electron chi connectivity index (χ2n) is 5.76. The number of hydrogen-bond donors (Lipinski definition) is 2. The molecule has 2 N–H and O–H groups in total. The van der Waals surface area contributed by atoms with Crippen molar-refractivity contribution in [1.29, 1.82) is 0 Å². The van der Waals surface area contributed by atoms with Crippen LogP contribution in [0.5, 0.6) is 0 Å². The van der Waals surface area contributed by atoms with Crippen molar-refractivity contribution in [3.63, 3.8) is 0 Å². The lowest BCUT2D eigenvalue weighted by Crippen LogP contribution is -2.12. The molecule has 0 aliphatic heterocycles. The van der Waals surface area contributed by atoms with Crippen molar-refractivity contribution in [1.82, 2.24) is 4.98 Å². The molecule has 3 aromatic rings. The van der Waals surface area contributed by atoms with E-state index in [0.717, 1.165) is 16.5 Å². The van der Waals surface area contributed by atoms with Crippen molar-refractivity contribution in [3.8, 4) is 0 Å². The highest BCUT2D eigenvalue weighted by molar-refractivity contribution is 6.30. The van der Waals surface area contributed by atoms with E-state index < -0.39 is 0 Å². The maximum atomic E-state index is 12.1. The number of nitrogens with one attached hydrogen (secondary N) is 2. The molecule has 3 rings (SSSR count). The molecule has 0 aliphatic carbocycles. The third-order valence-corrected chi connectivity index (χ3v) is 4.08. The predicted molar refractivity (Wildman–Crippen MR) is 97.7 cm³/mol. The Balaban J connectivity index is 1.67. The summed E-state index contributed by atoms with van der Waals surface area (Å²) in [5.41, 5.74) is 3.15. The number of rotatable bonds is 4. The van der Waals surface area contributed by atoms with E-state index in [2.05, 4.69) is 10.3 Å². The second-order valence-corrected chi connectivity index (χ2v) is 6.20. The van der Waals surface area contributed by atoms with Crippen molar-refractivity contribution in [2.45, 2.75) is 19.8 Å². The van der Waals surface area contributed by atoms with Crippen LogP contribution in [-0.2, 0) is 11.2 Å². The second kappa shape index (κ2) is 6.89. The first-order valence-electron chi connectivity index (χ1n) is 7.69. The number of aromatic amines is 1. The van der Waals surface area contributed by atoms with E-state index in [-0.39, 0.29) is 11.5 Å². The van der Waals surface area contributed by atoms with Gasteiger partial charge in [0.2, 0.25) is 5.91 Å². The maximum Gasteiger partial charge on any atom is 0.251 e. The minimum absolute atomic E-state index is 0.0602. The van der Waals surface area contributed by atoms with Gasteiger partial charge in [-0.25, -0.2) is 0 Å². The molecular formula is C19H17ClN2O2. The van der Waals surface area contributed by atoms with Gasteiger partial charge in [0.15, 0.2) is 0 Å². The van der Waals surface area contributed by atoms with E-state index in [1.165, 1.54) is 0 Å². The number of anilines is 1. The zero-order chi connectivity index (χ0) is 17.1. The first-order chi connectivity index (χ1) is 11.5. The van der Waals surface area contributed by atoms with Gasteiger partial charge < -0.3 is 10.3 Å². The van der Waals surface area contributed by atoms with Crippen molar-refractivity contribution in [2.75, 3.05) is 5.32 Å². The van der Waals surface area contributed by atoms with Crippen molar-refractivity contribution in [3.05, 3.63) is 75.0 Å². The molecule has 0 aliphatic rings. The van der Waals surface area contributed by atoms with Gasteiger partial charge in [0.25, 0.3) is 5.56 Å². The average molecular weight is 341 g/mol. The third-order valence-electron chi connectivity index (χ3n) is 3.84. The highest BCUT2D eigenvalue weighted by Crippen LogP contribution is 2.17. The molecule has 1 aromatic heterocycles. The monoisotopic (exact) mass is 340 g/mol. The van der Waals surface area contributed by atoms with Crippen LogP contribution in [0.1, 0.15) is 17.5 Å². The fourth-order valence-corrected chi connectivity index (χ4v) is 2.76. The van der Waals surface area contributed by atoms with Crippen LogP contribution >= 0.6 is 11.6 Å². The number of aryl methyl sites for hydroxylation is 2. The number of pyridine rings is 1. The summed E-state index contributed by atoms with van der Waals surface area (Å²) in [5.74, 6) is -0.0602. The Bertz CT molecular complexity index is 963. The molecule has 0 atom stereocenters. The van der Waals surface area contributed by atoms with Crippen molar-refractivity contribution < 1.29 is 4.79 Å². The Hall–Kier alpha value is -2.59. The number of aromatic nitrogens is 1. The Morgan fingerprint density at radius 2 is 2.00 bits per heavy atom. The van der Waals surface area contributed by atoms with Gasteiger partial charge in [-0.2, -0.15) is 0 Å². The summed E-state index contributed by atoms with van der Waals surface area (Å²) in [6, 6.07) is 14.8. The third kappa shape index (κ3) is 3.84. The fourth-order valence-electron chi connectivity index (χ4n) is 2.57. The van der Waals surface area contributed by atoms with Crippen molar-refractivity contribution in [2.24, 2.45) is 0 Å². The zero-order valence-electron chi connectivity index (χ0n) is 13.2. The topological polar surface area (TPSA) is 62.0 Å². The quantitative estimate of drug-likeness (QED) is 0.752. The normalized spacial score (nSPS) is 10.8. The van der Waals surface area contributed by atoms with Gasteiger partial charge in [-0.1, -0.05) is 23.7 Å². The summed E-state index contributed by atoms with van der Waals surface area (Å²) in [6.07, 6.45) is 1.00. The van der Waals surface area contributed by atoms with Crippen LogP contribution in [0.25, 0.3) is 10.9 Å². The van der Waals surface area contributed by atoms with Gasteiger partial charge in [0.05, 0.1) is 0 Å². The summed E-state index contributed by atoms with van der Waals surface area (Å²) < 4.78 is 0. The Morgan fingerprint density at radius 1 is 1.17 bits per heavy atom.